The number of hydrogen-bond donors (Lipinski definition) is 3. The summed E-state index contributed by atoms with van der Waals surface area (Å²) in [6.07, 6.45) is 1.90. The fourth-order valence-corrected chi connectivity index (χ4v) is 2.66. The first-order valence-electron chi connectivity index (χ1n) is 8.31. The minimum atomic E-state index is -0.521. The number of aromatic hydroxyl groups is 1. The number of fused-ring (bicyclic) bond motifs is 1. The van der Waals surface area contributed by atoms with E-state index in [0.29, 0.717) is 12.1 Å². The number of hydrogen-bond acceptors (Lipinski definition) is 4. The van der Waals surface area contributed by atoms with Crippen molar-refractivity contribution in [2.24, 2.45) is 5.73 Å². The van der Waals surface area contributed by atoms with E-state index in [9.17, 15) is 13.9 Å². The van der Waals surface area contributed by atoms with Crippen LogP contribution in [0, 0.1) is 18.6 Å². The lowest BCUT2D eigenvalue weighted by Gasteiger charge is -2.26. The molecule has 0 radical (unpaired) electrons. The van der Waals surface area contributed by atoms with Crippen molar-refractivity contribution in [3.8, 4) is 11.5 Å². The van der Waals surface area contributed by atoms with Crippen LogP contribution < -0.4 is 15.8 Å². The first-order valence-corrected chi connectivity index (χ1v) is 8.31. The highest BCUT2D eigenvalue weighted by Gasteiger charge is 2.20. The van der Waals surface area contributed by atoms with Crippen LogP contribution in [-0.2, 0) is 0 Å². The average Bonchev–Trinajstić information content (AvgIpc) is 2.55. The van der Waals surface area contributed by atoms with E-state index in [4.69, 9.17) is 10.5 Å². The number of rotatable bonds is 4. The summed E-state index contributed by atoms with van der Waals surface area (Å²) in [5.74, 6) is 0.115. The topological polar surface area (TPSA) is 67.5 Å². The molecule has 136 valence electrons. The third-order valence-electron chi connectivity index (χ3n) is 3.81. The lowest BCUT2D eigenvalue weighted by Crippen LogP contribution is -2.28. The van der Waals surface area contributed by atoms with E-state index < -0.39 is 11.6 Å². The Hall–Kier alpha value is -2.18. The van der Waals surface area contributed by atoms with Gasteiger partial charge in [-0.25, -0.2) is 8.78 Å². The molecule has 1 aliphatic rings. The number of ether oxygens (including phenoxy) is 1. The van der Waals surface area contributed by atoms with Gasteiger partial charge in [0.2, 0.25) is 0 Å². The van der Waals surface area contributed by atoms with Crippen molar-refractivity contribution in [3.63, 3.8) is 0 Å². The molecule has 1 heterocycles. The summed E-state index contributed by atoms with van der Waals surface area (Å²) in [6, 6.07) is 8.93. The number of benzene rings is 2. The van der Waals surface area contributed by atoms with Crippen LogP contribution in [-0.4, -0.2) is 24.8 Å². The Kier molecular flexibility index (Phi) is 7.16. The van der Waals surface area contributed by atoms with Gasteiger partial charge in [0.25, 0.3) is 0 Å². The van der Waals surface area contributed by atoms with Crippen LogP contribution in [0.15, 0.2) is 36.4 Å². The molecular weight excluding hydrogens is 326 g/mol. The van der Waals surface area contributed by atoms with E-state index in [-0.39, 0.29) is 11.8 Å². The Bertz CT molecular complexity index is 645. The zero-order valence-electron chi connectivity index (χ0n) is 14.3. The van der Waals surface area contributed by atoms with Crippen LogP contribution in [0.1, 0.15) is 30.0 Å². The van der Waals surface area contributed by atoms with Gasteiger partial charge in [-0.15, -0.1) is 0 Å². The van der Waals surface area contributed by atoms with Gasteiger partial charge in [-0.3, -0.25) is 0 Å². The quantitative estimate of drug-likeness (QED) is 0.739. The summed E-state index contributed by atoms with van der Waals surface area (Å²) in [4.78, 5) is 0. The van der Waals surface area contributed by atoms with Gasteiger partial charge in [0, 0.05) is 24.1 Å². The van der Waals surface area contributed by atoms with Gasteiger partial charge < -0.3 is 20.9 Å². The maximum absolute atomic E-state index is 12.2. The highest BCUT2D eigenvalue weighted by molar-refractivity contribution is 5.42. The van der Waals surface area contributed by atoms with Crippen LogP contribution in [0.3, 0.4) is 0 Å². The van der Waals surface area contributed by atoms with E-state index in [2.05, 4.69) is 5.32 Å². The summed E-state index contributed by atoms with van der Waals surface area (Å²) in [6.45, 7) is 3.96. The monoisotopic (exact) mass is 350 g/mol. The normalized spacial score (nSPS) is 15.6. The van der Waals surface area contributed by atoms with E-state index >= 15 is 0 Å². The van der Waals surface area contributed by atoms with Crippen LogP contribution in [0.5, 0.6) is 11.5 Å². The molecule has 25 heavy (non-hydrogen) atoms. The highest BCUT2D eigenvalue weighted by Crippen LogP contribution is 2.34. The second-order valence-electron chi connectivity index (χ2n) is 5.96. The van der Waals surface area contributed by atoms with Crippen molar-refractivity contribution >= 4 is 0 Å². The van der Waals surface area contributed by atoms with Crippen molar-refractivity contribution in [1.82, 2.24) is 5.32 Å². The molecule has 0 aliphatic carbocycles. The summed E-state index contributed by atoms with van der Waals surface area (Å²) < 4.78 is 29.9. The average molecular weight is 350 g/mol. The molecule has 1 aliphatic heterocycles. The largest absolute Gasteiger partial charge is 0.508 e. The highest BCUT2D eigenvalue weighted by atomic mass is 19.1. The molecule has 4 N–H and O–H groups in total. The van der Waals surface area contributed by atoms with Crippen LogP contribution in [0.2, 0.25) is 0 Å². The maximum Gasteiger partial charge on any atom is 0.126 e. The number of halogens is 2. The predicted molar refractivity (Wildman–Crippen MR) is 93.7 cm³/mol. The smallest absolute Gasteiger partial charge is 0.126 e. The fourth-order valence-electron chi connectivity index (χ4n) is 2.66. The van der Waals surface area contributed by atoms with E-state index in [1.807, 2.05) is 6.07 Å². The molecule has 0 spiro atoms. The molecule has 0 amide bonds. The third kappa shape index (κ3) is 5.99. The second kappa shape index (κ2) is 9.34. The minimum Gasteiger partial charge on any atom is -0.508 e. The molecule has 0 saturated carbocycles. The van der Waals surface area contributed by atoms with Gasteiger partial charge in [0.1, 0.15) is 23.1 Å². The molecule has 4 nitrogen and oxygen atoms in total. The minimum absolute atomic E-state index is 0.266. The van der Waals surface area contributed by atoms with E-state index in [1.54, 1.807) is 19.1 Å². The fraction of sp³-hybridized carbons (Fsp3) is 0.368. The molecular formula is C19H24F2N2O2. The molecule has 0 bridgehead atoms. The molecule has 3 rings (SSSR count). The SMILES string of the molecule is Cc1cc(F)cc(F)c1.NCCCNC1CCOc2ccc(O)cc21. The molecule has 1 atom stereocenters. The van der Waals surface area contributed by atoms with Crippen molar-refractivity contribution in [2.45, 2.75) is 25.8 Å². The standard InChI is InChI=1S/C12H18N2O2.C7H6F2/c13-5-1-6-14-11-4-7-16-12-3-2-9(15)8-10(11)12;1-5-2-6(8)4-7(9)3-5/h2-3,8,11,14-15H,1,4-7,13H2;2-4H,1H3. The molecule has 0 aromatic heterocycles. The van der Waals surface area contributed by atoms with Crippen molar-refractivity contribution in [1.29, 1.82) is 0 Å². The van der Waals surface area contributed by atoms with Crippen LogP contribution >= 0.6 is 0 Å². The molecule has 0 fully saturated rings. The first kappa shape index (κ1) is 19.1. The molecule has 1 unspecified atom stereocenters. The molecule has 2 aromatic rings. The third-order valence-corrected chi connectivity index (χ3v) is 3.81. The Morgan fingerprint density at radius 3 is 2.56 bits per heavy atom. The number of aryl methyl sites for hydroxylation is 1. The summed E-state index contributed by atoms with van der Waals surface area (Å²) in [5, 5.41) is 12.9. The lowest BCUT2D eigenvalue weighted by atomic mass is 10.00. The van der Waals surface area contributed by atoms with Gasteiger partial charge in [0.15, 0.2) is 0 Å². The summed E-state index contributed by atoms with van der Waals surface area (Å²) in [7, 11) is 0. The zero-order chi connectivity index (χ0) is 18.2. The molecule has 0 saturated heterocycles. The van der Waals surface area contributed by atoms with Gasteiger partial charge in [0.05, 0.1) is 6.61 Å². The maximum atomic E-state index is 12.2. The number of phenolic OH excluding ortho intramolecular Hbond substituents is 1. The number of nitrogens with one attached hydrogen (secondary N) is 1. The van der Waals surface area contributed by atoms with Gasteiger partial charge >= 0.3 is 0 Å². The van der Waals surface area contributed by atoms with Gasteiger partial charge in [-0.05, 0) is 62.3 Å². The summed E-state index contributed by atoms with van der Waals surface area (Å²) in [5.41, 5.74) is 7.11. The number of phenols is 1. The Morgan fingerprint density at radius 2 is 1.92 bits per heavy atom. The second-order valence-corrected chi connectivity index (χ2v) is 5.96. The van der Waals surface area contributed by atoms with E-state index in [1.165, 1.54) is 12.1 Å². The van der Waals surface area contributed by atoms with Crippen molar-refractivity contribution in [3.05, 3.63) is 59.2 Å². The van der Waals surface area contributed by atoms with E-state index in [0.717, 1.165) is 43.4 Å². The molecule has 2 aromatic carbocycles. The lowest BCUT2D eigenvalue weighted by molar-refractivity contribution is 0.252. The zero-order valence-corrected chi connectivity index (χ0v) is 14.3. The van der Waals surface area contributed by atoms with Crippen molar-refractivity contribution in [2.75, 3.05) is 19.7 Å². The van der Waals surface area contributed by atoms with Crippen LogP contribution in [0.25, 0.3) is 0 Å². The van der Waals surface area contributed by atoms with Crippen LogP contribution in [0.4, 0.5) is 8.78 Å². The Labute approximate surface area is 146 Å². The van der Waals surface area contributed by atoms with Gasteiger partial charge in [-0.2, -0.15) is 0 Å². The summed E-state index contributed by atoms with van der Waals surface area (Å²) >= 11 is 0. The first-order chi connectivity index (χ1) is 12.0. The predicted octanol–water partition coefficient (Wildman–Crippen LogP) is 3.43. The molecule has 6 heteroatoms. The van der Waals surface area contributed by atoms with Gasteiger partial charge in [-0.1, -0.05) is 0 Å². The number of nitrogens with two attached hydrogens (primary N) is 1. The Balaban J connectivity index is 0.000000212. The Morgan fingerprint density at radius 1 is 1.20 bits per heavy atom. The van der Waals surface area contributed by atoms with Crippen molar-refractivity contribution < 1.29 is 18.6 Å².